The van der Waals surface area contributed by atoms with Crippen LogP contribution in [0, 0.1) is 26.2 Å². The highest BCUT2D eigenvalue weighted by Crippen LogP contribution is 2.55. The van der Waals surface area contributed by atoms with E-state index in [0.717, 1.165) is 45.8 Å². The molecule has 0 radical (unpaired) electrons. The lowest BCUT2D eigenvalue weighted by molar-refractivity contribution is -0.115. The van der Waals surface area contributed by atoms with E-state index in [2.05, 4.69) is 15.9 Å². The molecule has 3 rings (SSSR count). The normalized spacial score (nSPS) is 25.6. The van der Waals surface area contributed by atoms with Gasteiger partial charge in [-0.2, -0.15) is 8.42 Å². The maximum absolute atomic E-state index is 13.2. The Hall–Kier alpha value is -1.18. The number of hydrogen-bond donors (Lipinski definition) is 0. The van der Waals surface area contributed by atoms with E-state index in [1.165, 1.54) is 0 Å². The molecule has 7 heteroatoms. The Balaban J connectivity index is 2.23. The second-order valence-corrected chi connectivity index (χ2v) is 10.5. The molecule has 0 aliphatic heterocycles. The molecule has 1 aromatic carbocycles. The first-order valence-electron chi connectivity index (χ1n) is 9.46. The van der Waals surface area contributed by atoms with Crippen LogP contribution in [0.1, 0.15) is 54.4 Å². The van der Waals surface area contributed by atoms with E-state index in [4.69, 9.17) is 8.92 Å². The molecule has 0 heterocycles. The van der Waals surface area contributed by atoms with E-state index in [-0.39, 0.29) is 18.3 Å². The standard InChI is InChI=1S/C21H27BrO5S/c1-12-10-13(2)19(22)14(3)17(12)18-16(23)11-21(20(18)27-28(5,24)25)8-6-15(26-4)7-9-21/h10,15H,6-9,11H2,1-5H3. The van der Waals surface area contributed by atoms with Gasteiger partial charge in [0.1, 0.15) is 5.76 Å². The largest absolute Gasteiger partial charge is 0.386 e. The first-order chi connectivity index (χ1) is 13.0. The summed E-state index contributed by atoms with van der Waals surface area (Å²) in [6, 6.07) is 2.01. The first kappa shape index (κ1) is 21.5. The van der Waals surface area contributed by atoms with E-state index >= 15 is 0 Å². The minimum Gasteiger partial charge on any atom is -0.386 e. The number of carbonyl (C=O) groups is 1. The van der Waals surface area contributed by atoms with E-state index in [0.29, 0.717) is 24.2 Å². The van der Waals surface area contributed by atoms with Crippen LogP contribution in [0.15, 0.2) is 16.3 Å². The molecule has 0 N–H and O–H groups in total. The van der Waals surface area contributed by atoms with Crippen LogP contribution in [0.4, 0.5) is 0 Å². The molecule has 1 fully saturated rings. The van der Waals surface area contributed by atoms with Crippen LogP contribution in [-0.2, 0) is 23.8 Å². The van der Waals surface area contributed by atoms with E-state index < -0.39 is 15.5 Å². The average Bonchev–Trinajstić information content (AvgIpc) is 2.84. The molecule has 1 spiro atoms. The van der Waals surface area contributed by atoms with Gasteiger partial charge in [-0.3, -0.25) is 4.79 Å². The van der Waals surface area contributed by atoms with Gasteiger partial charge in [0.05, 0.1) is 17.9 Å². The van der Waals surface area contributed by atoms with E-state index in [1.807, 2.05) is 26.8 Å². The van der Waals surface area contributed by atoms with Crippen molar-refractivity contribution >= 4 is 37.4 Å². The lowest BCUT2D eigenvalue weighted by Gasteiger charge is -2.37. The number of halogens is 1. The summed E-state index contributed by atoms with van der Waals surface area (Å²) in [7, 11) is -2.07. The summed E-state index contributed by atoms with van der Waals surface area (Å²) in [5.41, 5.74) is 3.59. The fourth-order valence-corrected chi connectivity index (χ4v) is 5.61. The number of rotatable bonds is 4. The highest BCUT2D eigenvalue weighted by Gasteiger charge is 2.51. The van der Waals surface area contributed by atoms with Crippen molar-refractivity contribution in [2.24, 2.45) is 5.41 Å². The van der Waals surface area contributed by atoms with Gasteiger partial charge in [-0.25, -0.2) is 0 Å². The van der Waals surface area contributed by atoms with Gasteiger partial charge in [-0.15, -0.1) is 0 Å². The quantitative estimate of drug-likeness (QED) is 0.600. The van der Waals surface area contributed by atoms with Gasteiger partial charge in [0.25, 0.3) is 0 Å². The Morgan fingerprint density at radius 1 is 1.14 bits per heavy atom. The molecule has 28 heavy (non-hydrogen) atoms. The summed E-state index contributed by atoms with van der Waals surface area (Å²) >= 11 is 3.61. The average molecular weight is 471 g/mol. The monoisotopic (exact) mass is 470 g/mol. The van der Waals surface area contributed by atoms with Gasteiger partial charge in [-0.05, 0) is 68.7 Å². The van der Waals surface area contributed by atoms with Gasteiger partial charge in [0.15, 0.2) is 5.78 Å². The molecule has 0 amide bonds. The molecule has 0 aromatic heterocycles. The Morgan fingerprint density at radius 3 is 2.29 bits per heavy atom. The maximum atomic E-state index is 13.2. The van der Waals surface area contributed by atoms with Crippen molar-refractivity contribution in [2.45, 2.75) is 59.0 Å². The highest BCUT2D eigenvalue weighted by molar-refractivity contribution is 9.10. The smallest absolute Gasteiger partial charge is 0.305 e. The first-order valence-corrected chi connectivity index (χ1v) is 12.1. The summed E-state index contributed by atoms with van der Waals surface area (Å²) in [4.78, 5) is 13.2. The molecule has 1 saturated carbocycles. The van der Waals surface area contributed by atoms with Crippen LogP contribution in [0.5, 0.6) is 0 Å². The summed E-state index contributed by atoms with van der Waals surface area (Å²) in [6.45, 7) is 5.90. The summed E-state index contributed by atoms with van der Waals surface area (Å²) in [5, 5.41) is 0. The number of aryl methyl sites for hydroxylation is 2. The topological polar surface area (TPSA) is 69.7 Å². The molecular formula is C21H27BrO5S. The lowest BCUT2D eigenvalue weighted by Crippen LogP contribution is -2.32. The van der Waals surface area contributed by atoms with Crippen LogP contribution in [0.3, 0.4) is 0 Å². The predicted molar refractivity (Wildman–Crippen MR) is 113 cm³/mol. The Kier molecular flexibility index (Phi) is 5.82. The minimum absolute atomic E-state index is 0.0449. The third kappa shape index (κ3) is 3.81. The van der Waals surface area contributed by atoms with Crippen LogP contribution < -0.4 is 0 Å². The van der Waals surface area contributed by atoms with E-state index in [9.17, 15) is 13.2 Å². The van der Waals surface area contributed by atoms with Crippen LogP contribution >= 0.6 is 15.9 Å². The van der Waals surface area contributed by atoms with Crippen LogP contribution in [-0.4, -0.2) is 33.7 Å². The van der Waals surface area contributed by atoms with Crippen LogP contribution in [0.25, 0.3) is 5.57 Å². The summed E-state index contributed by atoms with van der Waals surface area (Å²) < 4.78 is 36.2. The minimum atomic E-state index is -3.76. The SMILES string of the molecule is COC1CCC2(CC1)CC(=O)C(c1c(C)cc(C)c(Br)c1C)=C2OS(C)(=O)=O. The molecular weight excluding hydrogens is 444 g/mol. The molecule has 0 unspecified atom stereocenters. The Labute approximate surface area is 175 Å². The van der Waals surface area contributed by atoms with Gasteiger partial charge in [-0.1, -0.05) is 22.0 Å². The fourth-order valence-electron chi connectivity index (χ4n) is 4.73. The second kappa shape index (κ2) is 7.58. The van der Waals surface area contributed by atoms with Crippen molar-refractivity contribution in [1.29, 1.82) is 0 Å². The van der Waals surface area contributed by atoms with Crippen molar-refractivity contribution in [3.8, 4) is 0 Å². The van der Waals surface area contributed by atoms with E-state index in [1.54, 1.807) is 7.11 Å². The van der Waals surface area contributed by atoms with Crippen molar-refractivity contribution < 1.29 is 22.1 Å². The zero-order valence-electron chi connectivity index (χ0n) is 17.0. The van der Waals surface area contributed by atoms with Gasteiger partial charge in [0.2, 0.25) is 0 Å². The van der Waals surface area contributed by atoms with Gasteiger partial charge >= 0.3 is 10.1 Å². The molecule has 5 nitrogen and oxygen atoms in total. The summed E-state index contributed by atoms with van der Waals surface area (Å²) in [6.07, 6.45) is 4.38. The number of benzene rings is 1. The maximum Gasteiger partial charge on any atom is 0.305 e. The molecule has 0 bridgehead atoms. The predicted octanol–water partition coefficient (Wildman–Crippen LogP) is 4.61. The van der Waals surface area contributed by atoms with Crippen molar-refractivity contribution in [1.82, 2.24) is 0 Å². The number of carbonyl (C=O) groups excluding carboxylic acids is 1. The molecule has 1 aromatic rings. The van der Waals surface area contributed by atoms with Gasteiger partial charge in [0, 0.05) is 23.4 Å². The number of ketones is 1. The molecule has 0 atom stereocenters. The highest BCUT2D eigenvalue weighted by atomic mass is 79.9. The molecule has 0 saturated heterocycles. The zero-order valence-corrected chi connectivity index (χ0v) is 19.4. The third-order valence-electron chi connectivity index (χ3n) is 6.07. The van der Waals surface area contributed by atoms with Crippen molar-refractivity contribution in [3.63, 3.8) is 0 Å². The fraction of sp³-hybridized carbons (Fsp3) is 0.571. The van der Waals surface area contributed by atoms with Gasteiger partial charge < -0.3 is 8.92 Å². The number of ether oxygens (including phenoxy) is 1. The van der Waals surface area contributed by atoms with Crippen LogP contribution in [0.2, 0.25) is 0 Å². The molecule has 154 valence electrons. The number of allylic oxidation sites excluding steroid dienone is 2. The van der Waals surface area contributed by atoms with Crippen molar-refractivity contribution in [2.75, 3.05) is 13.4 Å². The molecule has 2 aliphatic carbocycles. The van der Waals surface area contributed by atoms with Crippen molar-refractivity contribution in [3.05, 3.63) is 38.6 Å². The Bertz CT molecular complexity index is 953. The number of Topliss-reactive ketones (excluding diaryl/α,β-unsaturated/α-hetero) is 1. The Morgan fingerprint density at radius 2 is 1.75 bits per heavy atom. The zero-order chi connectivity index (χ0) is 20.9. The molecule has 2 aliphatic rings. The second-order valence-electron chi connectivity index (χ2n) is 8.13. The number of hydrogen-bond acceptors (Lipinski definition) is 5. The summed E-state index contributed by atoms with van der Waals surface area (Å²) in [5.74, 6) is 0.285. The lowest BCUT2D eigenvalue weighted by atomic mass is 9.71. The number of methoxy groups -OCH3 is 1. The third-order valence-corrected chi connectivity index (χ3v) is 7.76.